The van der Waals surface area contributed by atoms with Gasteiger partial charge in [-0.15, -0.1) is 0 Å². The molecule has 1 aromatic rings. The molecule has 0 amide bonds. The van der Waals surface area contributed by atoms with Crippen molar-refractivity contribution in [2.75, 3.05) is 26.2 Å². The van der Waals surface area contributed by atoms with Crippen molar-refractivity contribution in [3.8, 4) is 0 Å². The largest absolute Gasteiger partial charge is 0.346 e. The van der Waals surface area contributed by atoms with Crippen molar-refractivity contribution in [1.82, 2.24) is 9.34 Å². The lowest BCUT2D eigenvalue weighted by molar-refractivity contribution is -0.384. The van der Waals surface area contributed by atoms with Gasteiger partial charge in [0.2, 0.25) is 0 Å². The first-order valence-corrected chi connectivity index (χ1v) is 8.49. The summed E-state index contributed by atoms with van der Waals surface area (Å²) in [5.74, 6) is 0. The van der Waals surface area contributed by atoms with Gasteiger partial charge in [-0.3, -0.25) is 19.2 Å². The normalized spacial score (nSPS) is 20.3. The van der Waals surface area contributed by atoms with Gasteiger partial charge >= 0.3 is 7.67 Å². The van der Waals surface area contributed by atoms with Crippen LogP contribution in [0.25, 0.3) is 0 Å². The van der Waals surface area contributed by atoms with Gasteiger partial charge in [-0.2, -0.15) is 0 Å². The van der Waals surface area contributed by atoms with Gasteiger partial charge in [0.15, 0.2) is 0 Å². The number of benzene rings is 1. The molecule has 2 saturated heterocycles. The Kier molecular flexibility index (Phi) is 3.61. The van der Waals surface area contributed by atoms with Crippen LogP contribution in [0.1, 0.15) is 24.2 Å². The molecule has 0 saturated carbocycles. The van der Waals surface area contributed by atoms with E-state index in [1.807, 2.05) is 23.2 Å². The van der Waals surface area contributed by atoms with Crippen LogP contribution in [-0.4, -0.2) is 40.4 Å². The molecule has 2 heterocycles. The highest BCUT2D eigenvalue weighted by atomic mass is 31.2. The third-order valence-corrected chi connectivity index (χ3v) is 6.58. The Labute approximate surface area is 123 Å². The maximum absolute atomic E-state index is 12.9. The lowest BCUT2D eigenvalue weighted by atomic mass is 10.0. The second-order valence-electron chi connectivity index (χ2n) is 5.44. The topological polar surface area (TPSA) is 75.5 Å². The number of nitrogens with zero attached hydrogens (tertiary/aromatic N) is 3. The molecular weight excluding hydrogens is 293 g/mol. The summed E-state index contributed by atoms with van der Waals surface area (Å²) in [6, 6.07) is 4.67. The van der Waals surface area contributed by atoms with Gasteiger partial charge in [0, 0.05) is 38.3 Å². The zero-order chi connectivity index (χ0) is 15.2. The molecule has 114 valence electrons. The van der Waals surface area contributed by atoms with Gasteiger partial charge in [-0.25, -0.2) is 9.34 Å². The second kappa shape index (κ2) is 5.18. The van der Waals surface area contributed by atoms with Gasteiger partial charge in [-0.1, -0.05) is 0 Å². The van der Waals surface area contributed by atoms with Crippen LogP contribution in [0.3, 0.4) is 0 Å². The lowest BCUT2D eigenvalue weighted by Crippen LogP contribution is -2.11. The minimum absolute atomic E-state index is 0.0588. The van der Waals surface area contributed by atoms with Crippen molar-refractivity contribution in [1.29, 1.82) is 0 Å². The van der Waals surface area contributed by atoms with E-state index < -0.39 is 12.6 Å². The number of nitro groups is 1. The standard InChI is InChI=1S/C13H18N3O4P/c1-10-9-12(16(17)18)3-4-13(10)11(2)20-21(19,14-5-6-14)15-7-8-15/h3-4,9,11H,5-8H2,1-2H3. The highest BCUT2D eigenvalue weighted by molar-refractivity contribution is 7.54. The van der Waals surface area contributed by atoms with Crippen LogP contribution in [0.4, 0.5) is 5.69 Å². The predicted molar refractivity (Wildman–Crippen MR) is 78.1 cm³/mol. The molecule has 2 aliphatic rings. The number of hydrogen-bond donors (Lipinski definition) is 0. The van der Waals surface area contributed by atoms with E-state index in [1.54, 1.807) is 6.07 Å². The molecule has 2 fully saturated rings. The van der Waals surface area contributed by atoms with E-state index in [0.29, 0.717) is 0 Å². The van der Waals surface area contributed by atoms with Crippen molar-refractivity contribution < 1.29 is 14.0 Å². The lowest BCUT2D eigenvalue weighted by Gasteiger charge is -2.24. The van der Waals surface area contributed by atoms with E-state index in [-0.39, 0.29) is 11.8 Å². The third kappa shape index (κ3) is 2.87. The van der Waals surface area contributed by atoms with Gasteiger partial charge in [-0.05, 0) is 31.0 Å². The van der Waals surface area contributed by atoms with Crippen LogP contribution in [0.5, 0.6) is 0 Å². The molecular formula is C13H18N3O4P. The summed E-state index contributed by atoms with van der Waals surface area (Å²) in [5, 5.41) is 10.8. The molecule has 0 bridgehead atoms. The summed E-state index contributed by atoms with van der Waals surface area (Å²) in [5.41, 5.74) is 1.67. The Morgan fingerprint density at radius 3 is 2.29 bits per heavy atom. The van der Waals surface area contributed by atoms with Crippen LogP contribution in [0.15, 0.2) is 18.2 Å². The summed E-state index contributed by atoms with van der Waals surface area (Å²) in [6.07, 6.45) is -0.363. The monoisotopic (exact) mass is 311 g/mol. The van der Waals surface area contributed by atoms with Crippen molar-refractivity contribution >= 4 is 13.4 Å². The van der Waals surface area contributed by atoms with Gasteiger partial charge in [0.05, 0.1) is 11.0 Å². The van der Waals surface area contributed by atoms with Crippen LogP contribution in [0.2, 0.25) is 0 Å². The first-order valence-electron chi connectivity index (χ1n) is 6.96. The third-order valence-electron chi connectivity index (χ3n) is 3.76. The molecule has 1 aromatic carbocycles. The quantitative estimate of drug-likeness (QED) is 0.348. The molecule has 2 aliphatic heterocycles. The number of non-ortho nitro benzene ring substituents is 1. The fourth-order valence-corrected chi connectivity index (χ4v) is 4.74. The summed E-state index contributed by atoms with van der Waals surface area (Å²) in [7, 11) is -2.88. The number of hydrogen-bond acceptors (Lipinski definition) is 4. The minimum Gasteiger partial charge on any atom is -0.298 e. The number of aryl methyl sites for hydroxylation is 1. The number of rotatable bonds is 6. The van der Waals surface area contributed by atoms with E-state index in [0.717, 1.165) is 37.3 Å². The van der Waals surface area contributed by atoms with E-state index >= 15 is 0 Å². The summed E-state index contributed by atoms with van der Waals surface area (Å²) in [4.78, 5) is 10.4. The summed E-state index contributed by atoms with van der Waals surface area (Å²) < 4.78 is 22.5. The second-order valence-corrected chi connectivity index (χ2v) is 7.77. The predicted octanol–water partition coefficient (Wildman–Crippen LogP) is 2.72. The first kappa shape index (κ1) is 14.7. The SMILES string of the molecule is Cc1cc([N+](=O)[O-])ccc1C(C)OP(=O)(N1CC1)N1CC1. The van der Waals surface area contributed by atoms with Crippen LogP contribution >= 0.6 is 7.67 Å². The average Bonchev–Trinajstić information content (AvgIpc) is 3.30. The van der Waals surface area contributed by atoms with Crippen molar-refractivity contribution in [2.24, 2.45) is 0 Å². The molecule has 21 heavy (non-hydrogen) atoms. The Morgan fingerprint density at radius 1 is 1.29 bits per heavy atom. The highest BCUT2D eigenvalue weighted by Gasteiger charge is 2.50. The van der Waals surface area contributed by atoms with Crippen LogP contribution in [0, 0.1) is 17.0 Å². The molecule has 8 heteroatoms. The van der Waals surface area contributed by atoms with Crippen molar-refractivity contribution in [3.05, 3.63) is 39.4 Å². The van der Waals surface area contributed by atoms with Crippen molar-refractivity contribution in [3.63, 3.8) is 0 Å². The van der Waals surface area contributed by atoms with Gasteiger partial charge < -0.3 is 0 Å². The maximum Gasteiger partial charge on any atom is 0.346 e. The molecule has 0 N–H and O–H groups in total. The molecule has 3 rings (SSSR count). The molecule has 0 radical (unpaired) electrons. The summed E-state index contributed by atoms with van der Waals surface area (Å²) in [6.45, 7) is 6.87. The van der Waals surface area contributed by atoms with E-state index in [9.17, 15) is 14.7 Å². The Hall–Kier alpha value is -1.27. The Bertz CT molecular complexity index is 612. The summed E-state index contributed by atoms with van der Waals surface area (Å²) >= 11 is 0. The smallest absolute Gasteiger partial charge is 0.298 e. The van der Waals surface area contributed by atoms with Gasteiger partial charge in [0.1, 0.15) is 0 Å². The maximum atomic E-state index is 12.9. The molecule has 1 unspecified atom stereocenters. The van der Waals surface area contributed by atoms with E-state index in [1.165, 1.54) is 12.1 Å². The molecule has 0 aliphatic carbocycles. The Morgan fingerprint density at radius 2 is 1.86 bits per heavy atom. The van der Waals surface area contributed by atoms with E-state index in [2.05, 4.69) is 0 Å². The first-order chi connectivity index (χ1) is 9.91. The zero-order valence-electron chi connectivity index (χ0n) is 12.1. The fourth-order valence-electron chi connectivity index (χ4n) is 2.40. The Balaban J connectivity index is 1.80. The average molecular weight is 311 g/mol. The molecule has 0 aromatic heterocycles. The van der Waals surface area contributed by atoms with Gasteiger partial charge in [0.25, 0.3) is 5.69 Å². The minimum atomic E-state index is -2.88. The zero-order valence-corrected chi connectivity index (χ0v) is 13.0. The van der Waals surface area contributed by atoms with Crippen LogP contribution in [-0.2, 0) is 9.09 Å². The molecule has 7 nitrogen and oxygen atoms in total. The fraction of sp³-hybridized carbons (Fsp3) is 0.538. The van der Waals surface area contributed by atoms with E-state index in [4.69, 9.17) is 4.52 Å². The number of nitro benzene ring substituents is 1. The molecule has 0 spiro atoms. The molecule has 1 atom stereocenters. The van der Waals surface area contributed by atoms with Crippen molar-refractivity contribution in [2.45, 2.75) is 20.0 Å². The van der Waals surface area contributed by atoms with Crippen LogP contribution < -0.4 is 0 Å². The highest BCUT2D eigenvalue weighted by Crippen LogP contribution is 2.63.